The van der Waals surface area contributed by atoms with E-state index in [0.29, 0.717) is 5.92 Å². The van der Waals surface area contributed by atoms with E-state index in [0.717, 1.165) is 24.5 Å². The Morgan fingerprint density at radius 2 is 1.95 bits per heavy atom. The summed E-state index contributed by atoms with van der Waals surface area (Å²) in [5, 5.41) is 7.44. The number of aromatic amines is 1. The van der Waals surface area contributed by atoms with Crippen LogP contribution in [0.1, 0.15) is 61.3 Å². The Morgan fingerprint density at radius 3 is 2.70 bits per heavy atom. The lowest BCUT2D eigenvalue weighted by molar-refractivity contribution is 0.634. The predicted octanol–water partition coefficient (Wildman–Crippen LogP) is 3.09. The van der Waals surface area contributed by atoms with Crippen LogP contribution in [0.5, 0.6) is 0 Å². The van der Waals surface area contributed by atoms with Crippen molar-refractivity contribution in [2.75, 3.05) is 0 Å². The zero-order valence-corrected chi connectivity index (χ0v) is 11.8. The summed E-state index contributed by atoms with van der Waals surface area (Å²) in [5.41, 5.74) is 7.39. The molecule has 1 aliphatic rings. The molecule has 1 aliphatic carbocycles. The molecule has 0 aliphatic heterocycles. The molecule has 4 nitrogen and oxygen atoms in total. The SMILES string of the molecule is NC(CCc1nc(C2CCCC2)n[nH]1)c1ccccc1. The van der Waals surface area contributed by atoms with E-state index in [1.54, 1.807) is 0 Å². The highest BCUT2D eigenvalue weighted by molar-refractivity contribution is 5.18. The molecule has 1 aromatic carbocycles. The first-order valence-corrected chi connectivity index (χ1v) is 7.54. The van der Waals surface area contributed by atoms with E-state index in [2.05, 4.69) is 27.3 Å². The second-order valence-electron chi connectivity index (χ2n) is 5.68. The van der Waals surface area contributed by atoms with E-state index in [1.165, 1.54) is 31.2 Å². The Labute approximate surface area is 119 Å². The van der Waals surface area contributed by atoms with E-state index in [1.807, 2.05) is 18.2 Å². The zero-order chi connectivity index (χ0) is 13.8. The highest BCUT2D eigenvalue weighted by atomic mass is 15.2. The standard InChI is InChI=1S/C16H22N4/c17-14(12-6-2-1-3-7-12)10-11-15-18-16(20-19-15)13-8-4-5-9-13/h1-3,6-7,13-14H,4-5,8-11,17H2,(H,18,19,20). The molecule has 4 heteroatoms. The van der Waals surface area contributed by atoms with E-state index in [-0.39, 0.29) is 6.04 Å². The molecule has 1 aromatic heterocycles. The highest BCUT2D eigenvalue weighted by Crippen LogP contribution is 2.31. The fourth-order valence-corrected chi connectivity index (χ4v) is 2.95. The van der Waals surface area contributed by atoms with Gasteiger partial charge in [0.15, 0.2) is 5.82 Å². The molecule has 0 bridgehead atoms. The van der Waals surface area contributed by atoms with Gasteiger partial charge in [-0.3, -0.25) is 5.10 Å². The summed E-state index contributed by atoms with van der Waals surface area (Å²) in [7, 11) is 0. The molecule has 0 radical (unpaired) electrons. The maximum atomic E-state index is 6.21. The van der Waals surface area contributed by atoms with Gasteiger partial charge in [-0.2, -0.15) is 5.10 Å². The first-order valence-electron chi connectivity index (χ1n) is 7.54. The molecule has 1 atom stereocenters. The summed E-state index contributed by atoms with van der Waals surface area (Å²) >= 11 is 0. The number of rotatable bonds is 5. The van der Waals surface area contributed by atoms with Gasteiger partial charge in [-0.05, 0) is 24.8 Å². The fourth-order valence-electron chi connectivity index (χ4n) is 2.95. The van der Waals surface area contributed by atoms with Crippen LogP contribution in [0.2, 0.25) is 0 Å². The van der Waals surface area contributed by atoms with Crippen molar-refractivity contribution < 1.29 is 0 Å². The van der Waals surface area contributed by atoms with Gasteiger partial charge in [-0.25, -0.2) is 4.98 Å². The van der Waals surface area contributed by atoms with Gasteiger partial charge in [0.1, 0.15) is 5.82 Å². The van der Waals surface area contributed by atoms with E-state index < -0.39 is 0 Å². The van der Waals surface area contributed by atoms with Crippen molar-refractivity contribution in [2.45, 2.75) is 50.5 Å². The lowest BCUT2D eigenvalue weighted by Crippen LogP contribution is -2.11. The van der Waals surface area contributed by atoms with Crippen LogP contribution >= 0.6 is 0 Å². The summed E-state index contributed by atoms with van der Waals surface area (Å²) in [6, 6.07) is 10.3. The highest BCUT2D eigenvalue weighted by Gasteiger charge is 2.21. The largest absolute Gasteiger partial charge is 0.324 e. The van der Waals surface area contributed by atoms with Crippen molar-refractivity contribution in [3.05, 3.63) is 47.5 Å². The number of H-pyrrole nitrogens is 1. The van der Waals surface area contributed by atoms with Crippen LogP contribution in [0.15, 0.2) is 30.3 Å². The summed E-state index contributed by atoms with van der Waals surface area (Å²) in [6.07, 6.45) is 6.85. The van der Waals surface area contributed by atoms with Gasteiger partial charge < -0.3 is 5.73 Å². The van der Waals surface area contributed by atoms with Crippen molar-refractivity contribution in [1.82, 2.24) is 15.2 Å². The zero-order valence-electron chi connectivity index (χ0n) is 11.8. The Bertz CT molecular complexity index is 528. The average molecular weight is 270 g/mol. The molecule has 1 unspecified atom stereocenters. The number of nitrogens with two attached hydrogens (primary N) is 1. The molecule has 106 valence electrons. The Kier molecular flexibility index (Phi) is 4.11. The maximum Gasteiger partial charge on any atom is 0.153 e. The van der Waals surface area contributed by atoms with Crippen LogP contribution in [0.4, 0.5) is 0 Å². The molecule has 20 heavy (non-hydrogen) atoms. The smallest absolute Gasteiger partial charge is 0.153 e. The van der Waals surface area contributed by atoms with Gasteiger partial charge in [0.25, 0.3) is 0 Å². The van der Waals surface area contributed by atoms with Crippen LogP contribution in [0.25, 0.3) is 0 Å². The minimum atomic E-state index is 0.0660. The van der Waals surface area contributed by atoms with Crippen LogP contribution < -0.4 is 5.73 Å². The van der Waals surface area contributed by atoms with E-state index in [4.69, 9.17) is 5.73 Å². The molecule has 1 saturated carbocycles. The first-order chi connectivity index (χ1) is 9.83. The molecular formula is C16H22N4. The van der Waals surface area contributed by atoms with Crippen LogP contribution in [0.3, 0.4) is 0 Å². The molecular weight excluding hydrogens is 248 g/mol. The Morgan fingerprint density at radius 1 is 1.20 bits per heavy atom. The number of aryl methyl sites for hydroxylation is 1. The maximum absolute atomic E-state index is 6.21. The lowest BCUT2D eigenvalue weighted by atomic mass is 10.0. The molecule has 1 heterocycles. The third-order valence-electron chi connectivity index (χ3n) is 4.19. The van der Waals surface area contributed by atoms with Gasteiger partial charge in [0.2, 0.25) is 0 Å². The van der Waals surface area contributed by atoms with Crippen LogP contribution in [-0.4, -0.2) is 15.2 Å². The van der Waals surface area contributed by atoms with E-state index >= 15 is 0 Å². The van der Waals surface area contributed by atoms with Gasteiger partial charge in [-0.1, -0.05) is 43.2 Å². The molecule has 3 N–H and O–H groups in total. The average Bonchev–Trinajstić information content (AvgIpc) is 3.16. The molecule has 0 spiro atoms. The summed E-state index contributed by atoms with van der Waals surface area (Å²) in [5.74, 6) is 2.55. The van der Waals surface area contributed by atoms with Crippen molar-refractivity contribution in [3.8, 4) is 0 Å². The van der Waals surface area contributed by atoms with Crippen LogP contribution in [0, 0.1) is 0 Å². The summed E-state index contributed by atoms with van der Waals surface area (Å²) in [6.45, 7) is 0. The van der Waals surface area contributed by atoms with Gasteiger partial charge >= 0.3 is 0 Å². The second kappa shape index (κ2) is 6.18. The molecule has 3 rings (SSSR count). The van der Waals surface area contributed by atoms with Crippen molar-refractivity contribution >= 4 is 0 Å². The number of aromatic nitrogens is 3. The van der Waals surface area contributed by atoms with Crippen molar-refractivity contribution in [3.63, 3.8) is 0 Å². The van der Waals surface area contributed by atoms with Gasteiger partial charge in [0, 0.05) is 18.4 Å². The Balaban J connectivity index is 1.56. The number of hydrogen-bond donors (Lipinski definition) is 2. The lowest BCUT2D eigenvalue weighted by Gasteiger charge is -2.10. The van der Waals surface area contributed by atoms with E-state index in [9.17, 15) is 0 Å². The fraction of sp³-hybridized carbons (Fsp3) is 0.500. The molecule has 2 aromatic rings. The quantitative estimate of drug-likeness (QED) is 0.877. The predicted molar refractivity (Wildman–Crippen MR) is 79.3 cm³/mol. The topological polar surface area (TPSA) is 67.6 Å². The number of nitrogens with zero attached hydrogens (tertiary/aromatic N) is 2. The normalized spacial score (nSPS) is 17.4. The second-order valence-corrected chi connectivity index (χ2v) is 5.68. The van der Waals surface area contributed by atoms with Crippen LogP contribution in [-0.2, 0) is 6.42 Å². The first kappa shape index (κ1) is 13.3. The number of hydrogen-bond acceptors (Lipinski definition) is 3. The monoisotopic (exact) mass is 270 g/mol. The van der Waals surface area contributed by atoms with Gasteiger partial charge in [0.05, 0.1) is 0 Å². The number of nitrogens with one attached hydrogen (secondary N) is 1. The third kappa shape index (κ3) is 3.07. The van der Waals surface area contributed by atoms with Gasteiger partial charge in [-0.15, -0.1) is 0 Å². The minimum absolute atomic E-state index is 0.0660. The number of benzene rings is 1. The molecule has 1 fully saturated rings. The minimum Gasteiger partial charge on any atom is -0.324 e. The third-order valence-corrected chi connectivity index (χ3v) is 4.19. The van der Waals surface area contributed by atoms with Crippen molar-refractivity contribution in [2.24, 2.45) is 5.73 Å². The molecule has 0 saturated heterocycles. The molecule has 0 amide bonds. The summed E-state index contributed by atoms with van der Waals surface area (Å²) < 4.78 is 0. The summed E-state index contributed by atoms with van der Waals surface area (Å²) in [4.78, 5) is 4.64. The Hall–Kier alpha value is -1.68. The van der Waals surface area contributed by atoms with Crippen molar-refractivity contribution in [1.29, 1.82) is 0 Å².